The third-order valence-electron chi connectivity index (χ3n) is 2.40. The average Bonchev–Trinajstić information content (AvgIpc) is 2.62. The Morgan fingerprint density at radius 3 is 2.16 bits per heavy atom. The second kappa shape index (κ2) is 8.84. The summed E-state index contributed by atoms with van der Waals surface area (Å²) in [6.07, 6.45) is 6.30. The molecule has 0 bridgehead atoms. The maximum Gasteiger partial charge on any atom is -1.00 e. The molecule has 1 atom stereocenters. The summed E-state index contributed by atoms with van der Waals surface area (Å²) in [4.78, 5) is 0. The molecule has 102 valence electrons. The number of hydrogen-bond donors (Lipinski definition) is 0. The molecule has 0 aromatic heterocycles. The van der Waals surface area contributed by atoms with Crippen LogP contribution in [0.3, 0.4) is 0 Å². The molecule has 7 heteroatoms. The van der Waals surface area contributed by atoms with Crippen molar-refractivity contribution in [3.8, 4) is 5.75 Å². The van der Waals surface area contributed by atoms with E-state index in [1.54, 1.807) is 12.1 Å². The van der Waals surface area contributed by atoms with Crippen molar-refractivity contribution in [3.05, 3.63) is 51.0 Å². The maximum absolute atomic E-state index is 6.05. The third-order valence-corrected chi connectivity index (χ3v) is 5.09. The van der Waals surface area contributed by atoms with Crippen LogP contribution >= 0.6 is 34.8 Å². The molecule has 1 nitrogen and oxygen atoms in total. The molecule has 19 heavy (non-hydrogen) atoms. The van der Waals surface area contributed by atoms with Crippen LogP contribution < -0.4 is 28.1 Å². The van der Waals surface area contributed by atoms with Crippen molar-refractivity contribution in [1.82, 2.24) is 0 Å². The Bertz CT molecular complexity index is 478. The van der Waals surface area contributed by atoms with Crippen molar-refractivity contribution in [3.63, 3.8) is 0 Å². The molecule has 0 aliphatic heterocycles. The summed E-state index contributed by atoms with van der Waals surface area (Å²) in [5, 5.41) is 1.45. The van der Waals surface area contributed by atoms with Gasteiger partial charge < -0.3 is 24.8 Å². The number of halogens is 5. The van der Waals surface area contributed by atoms with Gasteiger partial charge in [-0.25, -0.2) is 0 Å². The Morgan fingerprint density at radius 1 is 1.11 bits per heavy atom. The van der Waals surface area contributed by atoms with Gasteiger partial charge in [0.2, 0.25) is 0 Å². The Morgan fingerprint density at radius 2 is 1.68 bits per heavy atom. The number of benzene rings is 1. The summed E-state index contributed by atoms with van der Waals surface area (Å²) in [5.41, 5.74) is 1.33. The van der Waals surface area contributed by atoms with E-state index in [2.05, 4.69) is 25.2 Å². The number of rotatable bonds is 3. The zero-order valence-corrected chi connectivity index (χ0v) is 15.1. The molecule has 0 spiro atoms. The van der Waals surface area contributed by atoms with Crippen LogP contribution in [0, 0.1) is 0 Å². The first-order valence-corrected chi connectivity index (χ1v) is 7.67. The van der Waals surface area contributed by atoms with Gasteiger partial charge in [0.15, 0.2) is 0 Å². The van der Waals surface area contributed by atoms with Gasteiger partial charge in [0.1, 0.15) is 0 Å². The van der Waals surface area contributed by atoms with Gasteiger partial charge in [-0.2, -0.15) is 0 Å². The third kappa shape index (κ3) is 5.17. The minimum Gasteiger partial charge on any atom is -1.00 e. The minimum atomic E-state index is -0.649. The molecular formula is C12H9Cl5OTi. The van der Waals surface area contributed by atoms with Crippen molar-refractivity contribution in [2.75, 3.05) is 0 Å². The second-order valence-corrected chi connectivity index (χ2v) is 6.60. The minimum absolute atomic E-state index is 0. The van der Waals surface area contributed by atoms with E-state index in [4.69, 9.17) is 38.1 Å². The van der Waals surface area contributed by atoms with Crippen LogP contribution in [0.15, 0.2) is 35.9 Å². The Balaban J connectivity index is 0.00000162. The van der Waals surface area contributed by atoms with Gasteiger partial charge in [0.05, 0.1) is 0 Å². The van der Waals surface area contributed by atoms with Gasteiger partial charge in [-0.15, -0.1) is 0 Å². The normalized spacial score (nSPS) is 16.0. The van der Waals surface area contributed by atoms with Crippen LogP contribution in [0.4, 0.5) is 0 Å². The maximum atomic E-state index is 6.05. The Hall–Kier alpha value is 0.664. The first-order valence-electron chi connectivity index (χ1n) is 5.00. The van der Waals surface area contributed by atoms with E-state index in [-0.39, 0.29) is 24.8 Å². The fourth-order valence-electron chi connectivity index (χ4n) is 1.45. The van der Waals surface area contributed by atoms with E-state index in [0.717, 1.165) is 0 Å². The summed E-state index contributed by atoms with van der Waals surface area (Å²) >= 11 is 17.3. The van der Waals surface area contributed by atoms with Gasteiger partial charge in [0, 0.05) is 0 Å². The average molecular weight is 394 g/mol. The van der Waals surface area contributed by atoms with Gasteiger partial charge in [0.25, 0.3) is 0 Å². The summed E-state index contributed by atoms with van der Waals surface area (Å²) < 4.78 is 6.20. The predicted octanol–water partition coefficient (Wildman–Crippen LogP) is -0.664. The van der Waals surface area contributed by atoms with Gasteiger partial charge in [-0.1, -0.05) is 0 Å². The molecule has 2 rings (SSSR count). The van der Waals surface area contributed by atoms with Gasteiger partial charge >= 0.3 is 126 Å². The summed E-state index contributed by atoms with van der Waals surface area (Å²) in [6.45, 7) is 2.10. The summed E-state index contributed by atoms with van der Waals surface area (Å²) in [5.74, 6) is 0.547. The quantitative estimate of drug-likeness (QED) is 0.619. The van der Waals surface area contributed by atoms with Crippen LogP contribution in [-0.4, -0.2) is 0 Å². The first kappa shape index (κ1) is 19.7. The van der Waals surface area contributed by atoms with Crippen molar-refractivity contribution in [1.29, 1.82) is 0 Å². The van der Waals surface area contributed by atoms with Crippen molar-refractivity contribution in [2.24, 2.45) is 0 Å². The molecule has 0 radical (unpaired) electrons. The molecular weight excluding hydrogens is 385 g/mol. The second-order valence-electron chi connectivity index (χ2n) is 3.69. The van der Waals surface area contributed by atoms with Crippen LogP contribution in [0.5, 0.6) is 5.75 Å². The molecule has 1 unspecified atom stereocenters. The van der Waals surface area contributed by atoms with Crippen LogP contribution in [0.2, 0.25) is 19.3 Å². The molecule has 0 N–H and O–H groups in total. The number of allylic oxidation sites excluding steroid dienone is 4. The molecule has 1 aromatic carbocycles. The Labute approximate surface area is 149 Å². The largest absolute Gasteiger partial charge is 1.00 e. The monoisotopic (exact) mass is 392 g/mol. The molecule has 0 amide bonds. The predicted molar refractivity (Wildman–Crippen MR) is 68.7 cm³/mol. The molecule has 1 aliphatic carbocycles. The number of hydrogen-bond acceptors (Lipinski definition) is 1. The molecule has 1 aliphatic rings. The molecule has 0 saturated heterocycles. The summed E-state index contributed by atoms with van der Waals surface area (Å²) in [6, 6.07) is 3.29. The van der Waals surface area contributed by atoms with Crippen molar-refractivity contribution < 1.29 is 47.7 Å². The molecule has 0 saturated carbocycles. The SMILES string of the molecule is CC1=CC=C[CH]1[Ti+2][O]c1c(Cl)cc(Cl)cc1Cl.[Cl-].[Cl-]. The van der Waals surface area contributed by atoms with E-state index in [1.807, 2.05) is 0 Å². The fourth-order valence-corrected chi connectivity index (χ4v) is 4.01. The van der Waals surface area contributed by atoms with Gasteiger partial charge in [-0.3, -0.25) is 0 Å². The van der Waals surface area contributed by atoms with E-state index in [1.165, 1.54) is 5.57 Å². The smallest absolute Gasteiger partial charge is 1.00 e. The molecule has 0 fully saturated rings. The van der Waals surface area contributed by atoms with Crippen LogP contribution in [0.1, 0.15) is 6.92 Å². The van der Waals surface area contributed by atoms with E-state index in [9.17, 15) is 0 Å². The van der Waals surface area contributed by atoms with Crippen molar-refractivity contribution in [2.45, 2.75) is 11.1 Å². The van der Waals surface area contributed by atoms with Crippen molar-refractivity contribution >= 4 is 34.8 Å². The van der Waals surface area contributed by atoms with E-state index >= 15 is 0 Å². The van der Waals surface area contributed by atoms with Crippen LogP contribution in [-0.2, 0) is 19.5 Å². The standard InChI is InChI=1S/C6H3Cl3O.C6H7.2ClH.Ti/c7-3-1-4(8)6(10)5(9)2-3;1-6-4-2-3-5-6;;;/h1-2,10H;2-5H,1H3;2*1H;/q;;;;+3/p-3. The Kier molecular flexibility index (Phi) is 9.15. The van der Waals surface area contributed by atoms with Gasteiger partial charge in [-0.05, 0) is 0 Å². The summed E-state index contributed by atoms with van der Waals surface area (Å²) in [7, 11) is 0. The topological polar surface area (TPSA) is 9.23 Å². The molecule has 0 heterocycles. The van der Waals surface area contributed by atoms with E-state index < -0.39 is 19.5 Å². The molecule has 1 aromatic rings. The first-order chi connectivity index (χ1) is 8.08. The zero-order chi connectivity index (χ0) is 12.4. The van der Waals surface area contributed by atoms with E-state index in [0.29, 0.717) is 25.0 Å². The zero-order valence-electron chi connectivity index (χ0n) is 9.76. The van der Waals surface area contributed by atoms with Crippen LogP contribution in [0.25, 0.3) is 0 Å². The fraction of sp³-hybridized carbons (Fsp3) is 0.167.